The van der Waals surface area contributed by atoms with E-state index in [1.807, 2.05) is 6.92 Å². The number of rotatable bonds is 4. The van der Waals surface area contributed by atoms with Crippen LogP contribution < -0.4 is 5.32 Å². The second kappa shape index (κ2) is 5.73. The number of hydrogen-bond donors (Lipinski definition) is 1. The molecule has 0 radical (unpaired) electrons. The van der Waals surface area contributed by atoms with Crippen molar-refractivity contribution in [2.75, 3.05) is 19.0 Å². The van der Waals surface area contributed by atoms with E-state index >= 15 is 0 Å². The molecular weight excluding hydrogens is 299 g/mol. The van der Waals surface area contributed by atoms with Crippen LogP contribution in [-0.4, -0.2) is 19.8 Å². The summed E-state index contributed by atoms with van der Waals surface area (Å²) in [7, 11) is 1.55. The van der Waals surface area contributed by atoms with Crippen molar-refractivity contribution in [3.63, 3.8) is 0 Å². The fourth-order valence-electron chi connectivity index (χ4n) is 1.20. The highest BCUT2D eigenvalue weighted by Gasteiger charge is 2.33. The lowest BCUT2D eigenvalue weighted by molar-refractivity contribution is -0.138. The largest absolute Gasteiger partial charge is 0.417 e. The molecule has 0 spiro atoms. The Morgan fingerprint density at radius 3 is 2.59 bits per heavy atom. The van der Waals surface area contributed by atoms with Gasteiger partial charge in [0, 0.05) is 23.8 Å². The van der Waals surface area contributed by atoms with Crippen LogP contribution in [0.15, 0.2) is 22.7 Å². The van der Waals surface area contributed by atoms with E-state index < -0.39 is 11.7 Å². The van der Waals surface area contributed by atoms with Crippen LogP contribution in [0, 0.1) is 0 Å². The zero-order chi connectivity index (χ0) is 13.1. The summed E-state index contributed by atoms with van der Waals surface area (Å²) in [6.45, 7) is 2.28. The van der Waals surface area contributed by atoms with Crippen LogP contribution >= 0.6 is 15.9 Å². The average molecular weight is 312 g/mol. The zero-order valence-corrected chi connectivity index (χ0v) is 11.0. The molecule has 17 heavy (non-hydrogen) atoms. The van der Waals surface area contributed by atoms with Gasteiger partial charge in [-0.2, -0.15) is 13.2 Å². The second-order valence-electron chi connectivity index (χ2n) is 3.62. The predicted molar refractivity (Wildman–Crippen MR) is 64.1 cm³/mol. The van der Waals surface area contributed by atoms with E-state index in [0.29, 0.717) is 12.2 Å². The van der Waals surface area contributed by atoms with E-state index in [-0.39, 0.29) is 10.6 Å². The summed E-state index contributed by atoms with van der Waals surface area (Å²) >= 11 is 2.89. The summed E-state index contributed by atoms with van der Waals surface area (Å²) < 4.78 is 42.9. The summed E-state index contributed by atoms with van der Waals surface area (Å²) in [5.74, 6) is 0. The molecule has 1 aromatic carbocycles. The van der Waals surface area contributed by atoms with Crippen molar-refractivity contribution in [2.45, 2.75) is 19.2 Å². The molecule has 0 saturated carbocycles. The van der Waals surface area contributed by atoms with Crippen LogP contribution in [0.2, 0.25) is 0 Å². The Labute approximate surface area is 106 Å². The lowest BCUT2D eigenvalue weighted by Gasteiger charge is -2.14. The standard InChI is InChI=1S/C11H13BrF3NO/c1-7(17-2)6-16-8-3-4-10(12)9(5-8)11(13,14)15/h3-5,7,16H,6H2,1-2H3. The lowest BCUT2D eigenvalue weighted by Crippen LogP contribution is -2.18. The predicted octanol–water partition coefficient (Wildman–Crippen LogP) is 3.91. The highest BCUT2D eigenvalue weighted by molar-refractivity contribution is 9.10. The highest BCUT2D eigenvalue weighted by atomic mass is 79.9. The fourth-order valence-corrected chi connectivity index (χ4v) is 1.67. The molecule has 0 saturated heterocycles. The molecule has 0 fully saturated rings. The summed E-state index contributed by atoms with van der Waals surface area (Å²) in [4.78, 5) is 0. The van der Waals surface area contributed by atoms with Crippen LogP contribution in [0.5, 0.6) is 0 Å². The number of ether oxygens (including phenoxy) is 1. The van der Waals surface area contributed by atoms with Gasteiger partial charge in [0.15, 0.2) is 0 Å². The molecule has 0 aliphatic heterocycles. The topological polar surface area (TPSA) is 21.3 Å². The smallest absolute Gasteiger partial charge is 0.382 e. The molecule has 1 atom stereocenters. The molecule has 0 aromatic heterocycles. The van der Waals surface area contributed by atoms with Crippen molar-refractivity contribution in [2.24, 2.45) is 0 Å². The van der Waals surface area contributed by atoms with E-state index in [0.717, 1.165) is 6.07 Å². The molecular formula is C11H13BrF3NO. The van der Waals surface area contributed by atoms with Crippen molar-refractivity contribution in [1.82, 2.24) is 0 Å². The van der Waals surface area contributed by atoms with Crippen LogP contribution in [0.25, 0.3) is 0 Å². The normalized spacial score (nSPS) is 13.5. The number of nitrogens with one attached hydrogen (secondary N) is 1. The van der Waals surface area contributed by atoms with E-state index in [1.54, 1.807) is 13.2 Å². The SMILES string of the molecule is COC(C)CNc1ccc(Br)c(C(F)(F)F)c1. The first-order valence-electron chi connectivity index (χ1n) is 4.98. The minimum Gasteiger partial charge on any atom is -0.382 e. The molecule has 1 rings (SSSR count). The molecule has 0 aliphatic rings. The Bertz CT molecular complexity index is 381. The first-order chi connectivity index (χ1) is 7.84. The highest BCUT2D eigenvalue weighted by Crippen LogP contribution is 2.36. The maximum atomic E-state index is 12.6. The van der Waals surface area contributed by atoms with Gasteiger partial charge in [-0.25, -0.2) is 0 Å². The molecule has 1 N–H and O–H groups in total. The maximum absolute atomic E-state index is 12.6. The number of halogens is 4. The van der Waals surface area contributed by atoms with Crippen LogP contribution in [0.4, 0.5) is 18.9 Å². The Kier molecular flexibility index (Phi) is 4.82. The van der Waals surface area contributed by atoms with Gasteiger partial charge in [0.05, 0.1) is 11.7 Å². The summed E-state index contributed by atoms with van der Waals surface area (Å²) in [5, 5.41) is 2.89. The first-order valence-corrected chi connectivity index (χ1v) is 5.77. The average Bonchev–Trinajstić information content (AvgIpc) is 2.26. The molecule has 0 bridgehead atoms. The quantitative estimate of drug-likeness (QED) is 0.910. The van der Waals surface area contributed by atoms with E-state index in [1.165, 1.54) is 6.07 Å². The van der Waals surface area contributed by atoms with Crippen LogP contribution in [-0.2, 0) is 10.9 Å². The molecule has 1 unspecified atom stereocenters. The van der Waals surface area contributed by atoms with Gasteiger partial charge in [0.2, 0.25) is 0 Å². The van der Waals surface area contributed by atoms with Crippen molar-refractivity contribution in [1.29, 1.82) is 0 Å². The number of hydrogen-bond acceptors (Lipinski definition) is 2. The lowest BCUT2D eigenvalue weighted by atomic mass is 10.2. The maximum Gasteiger partial charge on any atom is 0.417 e. The van der Waals surface area contributed by atoms with Gasteiger partial charge >= 0.3 is 6.18 Å². The third-order valence-corrected chi connectivity index (χ3v) is 2.96. The van der Waals surface area contributed by atoms with Crippen LogP contribution in [0.1, 0.15) is 12.5 Å². The van der Waals surface area contributed by atoms with Gasteiger partial charge in [-0.15, -0.1) is 0 Å². The fraction of sp³-hybridized carbons (Fsp3) is 0.455. The van der Waals surface area contributed by atoms with Gasteiger partial charge in [0.25, 0.3) is 0 Å². The Morgan fingerprint density at radius 2 is 2.06 bits per heavy atom. The molecule has 1 aromatic rings. The van der Waals surface area contributed by atoms with Crippen molar-refractivity contribution >= 4 is 21.6 Å². The van der Waals surface area contributed by atoms with Crippen LogP contribution in [0.3, 0.4) is 0 Å². The van der Waals surface area contributed by atoms with E-state index in [4.69, 9.17) is 4.74 Å². The van der Waals surface area contributed by atoms with E-state index in [9.17, 15) is 13.2 Å². The van der Waals surface area contributed by atoms with Gasteiger partial charge < -0.3 is 10.1 Å². The van der Waals surface area contributed by atoms with Gasteiger partial charge in [-0.1, -0.05) is 15.9 Å². The Balaban J connectivity index is 2.82. The Morgan fingerprint density at radius 1 is 1.41 bits per heavy atom. The number of alkyl halides is 3. The number of methoxy groups -OCH3 is 1. The molecule has 0 heterocycles. The second-order valence-corrected chi connectivity index (χ2v) is 4.47. The summed E-state index contributed by atoms with van der Waals surface area (Å²) in [6, 6.07) is 4.04. The van der Waals surface area contributed by atoms with Crippen molar-refractivity contribution in [3.8, 4) is 0 Å². The first kappa shape index (κ1) is 14.3. The zero-order valence-electron chi connectivity index (χ0n) is 9.44. The van der Waals surface area contributed by atoms with Crippen molar-refractivity contribution < 1.29 is 17.9 Å². The van der Waals surface area contributed by atoms with E-state index in [2.05, 4.69) is 21.2 Å². The Hall–Kier alpha value is -0.750. The molecule has 2 nitrogen and oxygen atoms in total. The third kappa shape index (κ3) is 4.20. The molecule has 0 amide bonds. The van der Waals surface area contributed by atoms with Gasteiger partial charge in [-0.05, 0) is 25.1 Å². The third-order valence-electron chi connectivity index (χ3n) is 2.27. The number of anilines is 1. The minimum absolute atomic E-state index is 0.0374. The van der Waals surface area contributed by atoms with Crippen molar-refractivity contribution in [3.05, 3.63) is 28.2 Å². The molecule has 0 aliphatic carbocycles. The minimum atomic E-state index is -4.36. The monoisotopic (exact) mass is 311 g/mol. The summed E-state index contributed by atoms with van der Waals surface area (Å²) in [5.41, 5.74) is -0.267. The van der Waals surface area contributed by atoms with Gasteiger partial charge in [-0.3, -0.25) is 0 Å². The van der Waals surface area contributed by atoms with Gasteiger partial charge in [0.1, 0.15) is 0 Å². The summed E-state index contributed by atoms with van der Waals surface area (Å²) in [6.07, 6.45) is -4.42. The molecule has 96 valence electrons. The number of benzene rings is 1. The molecule has 6 heteroatoms.